The van der Waals surface area contributed by atoms with Crippen molar-refractivity contribution in [2.24, 2.45) is 5.92 Å². The molecule has 0 bridgehead atoms. The third kappa shape index (κ3) is 3.86. The maximum atomic E-state index is 12.7. The molecule has 2 aliphatic rings. The molecule has 0 saturated carbocycles. The fraction of sp³-hybridized carbons (Fsp3) is 0.600. The van der Waals surface area contributed by atoms with Gasteiger partial charge in [0.2, 0.25) is 5.91 Å². The van der Waals surface area contributed by atoms with Crippen LogP contribution in [0, 0.1) is 12.5 Å². The third-order valence-corrected chi connectivity index (χ3v) is 5.76. The molecule has 134 valence electrons. The molecule has 0 aromatic heterocycles. The van der Waals surface area contributed by atoms with Crippen LogP contribution in [0.15, 0.2) is 24.3 Å². The maximum absolute atomic E-state index is 12.7. The Kier molecular flexibility index (Phi) is 5.72. The molecule has 2 saturated heterocycles. The predicted molar refractivity (Wildman–Crippen MR) is 101 cm³/mol. The fourth-order valence-electron chi connectivity index (χ4n) is 4.22. The number of piperidine rings is 1. The molecule has 5 heteroatoms. The van der Waals surface area contributed by atoms with Crippen molar-refractivity contribution in [2.45, 2.75) is 32.7 Å². The highest BCUT2D eigenvalue weighted by Gasteiger charge is 2.35. The van der Waals surface area contributed by atoms with Crippen molar-refractivity contribution >= 4 is 17.3 Å². The Balaban J connectivity index is 1.65. The summed E-state index contributed by atoms with van der Waals surface area (Å²) in [4.78, 5) is 23.0. The van der Waals surface area contributed by atoms with E-state index in [0.717, 1.165) is 38.4 Å². The largest absolute Gasteiger partial charge is 0.310 e. The SMILES string of the molecule is [C-]#[N+]c1ccc(N2CCN(C3CCN(CC)CC3CC)CC2=O)cc1. The summed E-state index contributed by atoms with van der Waals surface area (Å²) in [6.45, 7) is 17.1. The molecule has 5 nitrogen and oxygen atoms in total. The van der Waals surface area contributed by atoms with Crippen LogP contribution >= 0.6 is 0 Å². The Morgan fingerprint density at radius 1 is 1.16 bits per heavy atom. The van der Waals surface area contributed by atoms with Gasteiger partial charge in [0.25, 0.3) is 0 Å². The first-order valence-electron chi connectivity index (χ1n) is 9.40. The van der Waals surface area contributed by atoms with Crippen molar-refractivity contribution < 1.29 is 4.79 Å². The van der Waals surface area contributed by atoms with E-state index in [9.17, 15) is 4.79 Å². The van der Waals surface area contributed by atoms with Gasteiger partial charge in [0.15, 0.2) is 5.69 Å². The smallest absolute Gasteiger partial charge is 0.241 e. The van der Waals surface area contributed by atoms with Crippen LogP contribution in [0.3, 0.4) is 0 Å². The van der Waals surface area contributed by atoms with Gasteiger partial charge >= 0.3 is 0 Å². The van der Waals surface area contributed by atoms with Crippen LogP contribution in [0.2, 0.25) is 0 Å². The van der Waals surface area contributed by atoms with E-state index in [4.69, 9.17) is 6.57 Å². The zero-order chi connectivity index (χ0) is 17.8. The number of carbonyl (C=O) groups excluding carboxylic acids is 1. The Bertz CT molecular complexity index is 636. The Morgan fingerprint density at radius 2 is 1.92 bits per heavy atom. The summed E-state index contributed by atoms with van der Waals surface area (Å²) < 4.78 is 0. The molecule has 2 fully saturated rings. The lowest BCUT2D eigenvalue weighted by atomic mass is 9.88. The molecular formula is C20H28N4O. The number of hydrogen-bond acceptors (Lipinski definition) is 3. The number of nitrogens with zero attached hydrogens (tertiary/aromatic N) is 4. The van der Waals surface area contributed by atoms with Gasteiger partial charge in [-0.05, 0) is 37.6 Å². The van der Waals surface area contributed by atoms with E-state index in [1.807, 2.05) is 17.0 Å². The van der Waals surface area contributed by atoms with Gasteiger partial charge in [0.05, 0.1) is 13.1 Å². The number of amides is 1. The van der Waals surface area contributed by atoms with Crippen LogP contribution in [0.1, 0.15) is 26.7 Å². The van der Waals surface area contributed by atoms with Crippen LogP contribution in [-0.4, -0.2) is 61.0 Å². The highest BCUT2D eigenvalue weighted by atomic mass is 16.2. The lowest BCUT2D eigenvalue weighted by Crippen LogP contribution is -2.58. The van der Waals surface area contributed by atoms with Crippen molar-refractivity contribution in [1.29, 1.82) is 0 Å². The summed E-state index contributed by atoms with van der Waals surface area (Å²) in [6, 6.07) is 7.87. The number of anilines is 1. The summed E-state index contributed by atoms with van der Waals surface area (Å²) in [5.41, 5.74) is 1.52. The van der Waals surface area contributed by atoms with Crippen molar-refractivity contribution in [3.8, 4) is 0 Å². The molecule has 0 aliphatic carbocycles. The fourth-order valence-corrected chi connectivity index (χ4v) is 4.22. The number of carbonyl (C=O) groups is 1. The maximum Gasteiger partial charge on any atom is 0.241 e. The van der Waals surface area contributed by atoms with E-state index in [-0.39, 0.29) is 5.91 Å². The van der Waals surface area contributed by atoms with Crippen molar-refractivity contribution in [3.05, 3.63) is 35.7 Å². The molecule has 0 radical (unpaired) electrons. The van der Waals surface area contributed by atoms with E-state index in [2.05, 4.69) is 28.5 Å². The molecule has 1 amide bonds. The molecule has 1 aromatic carbocycles. The summed E-state index contributed by atoms with van der Waals surface area (Å²) in [7, 11) is 0. The first kappa shape index (κ1) is 17.9. The molecule has 2 heterocycles. The van der Waals surface area contributed by atoms with Gasteiger partial charge in [-0.15, -0.1) is 0 Å². The number of rotatable bonds is 4. The van der Waals surface area contributed by atoms with Gasteiger partial charge in [0.1, 0.15) is 0 Å². The molecule has 3 rings (SSSR count). The van der Waals surface area contributed by atoms with Gasteiger partial charge in [-0.1, -0.05) is 32.4 Å². The minimum Gasteiger partial charge on any atom is -0.310 e. The quantitative estimate of drug-likeness (QED) is 0.790. The summed E-state index contributed by atoms with van der Waals surface area (Å²) in [5, 5.41) is 0. The highest BCUT2D eigenvalue weighted by Crippen LogP contribution is 2.28. The molecule has 25 heavy (non-hydrogen) atoms. The molecule has 1 aromatic rings. The lowest BCUT2D eigenvalue weighted by Gasteiger charge is -2.46. The summed E-state index contributed by atoms with van der Waals surface area (Å²) in [6.07, 6.45) is 2.34. The van der Waals surface area contributed by atoms with Crippen LogP contribution < -0.4 is 4.90 Å². The van der Waals surface area contributed by atoms with Crippen molar-refractivity contribution in [1.82, 2.24) is 9.80 Å². The van der Waals surface area contributed by atoms with E-state index < -0.39 is 0 Å². The Morgan fingerprint density at radius 3 is 2.52 bits per heavy atom. The lowest BCUT2D eigenvalue weighted by molar-refractivity contribution is -0.123. The van der Waals surface area contributed by atoms with Crippen LogP contribution in [0.5, 0.6) is 0 Å². The normalized spacial score (nSPS) is 25.8. The van der Waals surface area contributed by atoms with Gasteiger partial charge in [0, 0.05) is 31.4 Å². The van der Waals surface area contributed by atoms with E-state index >= 15 is 0 Å². The number of likely N-dealkylation sites (tertiary alicyclic amines) is 1. The molecule has 2 unspecified atom stereocenters. The summed E-state index contributed by atoms with van der Waals surface area (Å²) >= 11 is 0. The number of hydrogen-bond donors (Lipinski definition) is 0. The predicted octanol–water partition coefficient (Wildman–Crippen LogP) is 3.01. The molecule has 0 N–H and O–H groups in total. The second-order valence-corrected chi connectivity index (χ2v) is 7.06. The van der Waals surface area contributed by atoms with Gasteiger partial charge < -0.3 is 9.80 Å². The van der Waals surface area contributed by atoms with E-state index in [1.54, 1.807) is 12.1 Å². The number of piperazine rings is 1. The van der Waals surface area contributed by atoms with Crippen LogP contribution in [0.25, 0.3) is 4.85 Å². The molecule has 2 aliphatic heterocycles. The summed E-state index contributed by atoms with van der Waals surface area (Å²) in [5.74, 6) is 0.834. The van der Waals surface area contributed by atoms with Gasteiger partial charge in [-0.2, -0.15) is 0 Å². The molecular weight excluding hydrogens is 312 g/mol. The average molecular weight is 340 g/mol. The standard InChI is InChI=1S/C20H28N4O/c1-4-16-14-22(5-2)11-10-19(16)23-12-13-24(20(25)15-23)18-8-6-17(21-3)7-9-18/h6-9,16,19H,4-5,10-15H2,1-2H3. The van der Waals surface area contributed by atoms with E-state index in [0.29, 0.717) is 24.2 Å². The highest BCUT2D eigenvalue weighted by molar-refractivity contribution is 5.95. The Labute approximate surface area is 151 Å². The number of benzene rings is 1. The van der Waals surface area contributed by atoms with Crippen LogP contribution in [0.4, 0.5) is 11.4 Å². The van der Waals surface area contributed by atoms with Gasteiger partial charge in [-0.3, -0.25) is 9.69 Å². The zero-order valence-electron chi connectivity index (χ0n) is 15.3. The monoisotopic (exact) mass is 340 g/mol. The first-order valence-corrected chi connectivity index (χ1v) is 9.40. The third-order valence-electron chi connectivity index (χ3n) is 5.76. The Hall–Kier alpha value is -1.90. The van der Waals surface area contributed by atoms with Crippen LogP contribution in [-0.2, 0) is 4.79 Å². The average Bonchev–Trinajstić information content (AvgIpc) is 2.67. The zero-order valence-corrected chi connectivity index (χ0v) is 15.3. The van der Waals surface area contributed by atoms with Crippen molar-refractivity contribution in [3.63, 3.8) is 0 Å². The second kappa shape index (κ2) is 7.99. The van der Waals surface area contributed by atoms with Gasteiger partial charge in [-0.25, -0.2) is 4.85 Å². The molecule has 2 atom stereocenters. The second-order valence-electron chi connectivity index (χ2n) is 7.06. The van der Waals surface area contributed by atoms with Crippen molar-refractivity contribution in [2.75, 3.05) is 44.2 Å². The minimum atomic E-state index is 0.176. The topological polar surface area (TPSA) is 31.1 Å². The first-order chi connectivity index (χ1) is 12.2. The minimum absolute atomic E-state index is 0.176. The van der Waals surface area contributed by atoms with E-state index in [1.165, 1.54) is 12.8 Å². The molecule has 0 spiro atoms.